The van der Waals surface area contributed by atoms with E-state index in [1.807, 2.05) is 11.6 Å². The van der Waals surface area contributed by atoms with Crippen molar-refractivity contribution in [3.63, 3.8) is 0 Å². The summed E-state index contributed by atoms with van der Waals surface area (Å²) in [5, 5.41) is 8.44. The normalized spacial score (nSPS) is 24.1. The molecule has 1 saturated heterocycles. The van der Waals surface area contributed by atoms with E-state index in [4.69, 9.17) is 0 Å². The van der Waals surface area contributed by atoms with E-state index in [-0.39, 0.29) is 0 Å². The molecule has 102 valence electrons. The lowest BCUT2D eigenvalue weighted by Gasteiger charge is -2.39. The third-order valence-corrected chi connectivity index (χ3v) is 4.02. The van der Waals surface area contributed by atoms with Crippen molar-refractivity contribution in [1.82, 2.24) is 25.0 Å². The Labute approximate surface area is 112 Å². The molecule has 2 aromatic heterocycles. The fourth-order valence-electron chi connectivity index (χ4n) is 3.02. The summed E-state index contributed by atoms with van der Waals surface area (Å²) in [4.78, 5) is 11.2. The molecule has 3 heterocycles. The van der Waals surface area contributed by atoms with Crippen LogP contribution in [0.5, 0.6) is 0 Å². The van der Waals surface area contributed by atoms with Crippen LogP contribution in [-0.4, -0.2) is 37.0 Å². The zero-order chi connectivity index (χ0) is 13.4. The van der Waals surface area contributed by atoms with Gasteiger partial charge in [0.15, 0.2) is 17.0 Å². The van der Waals surface area contributed by atoms with Crippen molar-refractivity contribution in [1.29, 1.82) is 0 Å². The maximum atomic E-state index is 4.48. The molecule has 1 aliphatic rings. The Morgan fingerprint density at radius 1 is 1.21 bits per heavy atom. The van der Waals surface area contributed by atoms with Crippen LogP contribution in [0.2, 0.25) is 0 Å². The zero-order valence-corrected chi connectivity index (χ0v) is 11.7. The van der Waals surface area contributed by atoms with Crippen LogP contribution >= 0.6 is 0 Å². The number of piperidine rings is 1. The van der Waals surface area contributed by atoms with Crippen LogP contribution in [0.25, 0.3) is 11.2 Å². The zero-order valence-electron chi connectivity index (χ0n) is 11.7. The Hall–Kier alpha value is -1.72. The molecule has 6 nitrogen and oxygen atoms in total. The summed E-state index contributed by atoms with van der Waals surface area (Å²) in [6, 6.07) is 0.988. The average Bonchev–Trinajstić information content (AvgIpc) is 2.82. The SMILES string of the molecule is CCn1nnc2c(N3[C@@H](C)CCC[C@@H]3C)ncnc21. The lowest BCUT2D eigenvalue weighted by molar-refractivity contribution is 0.412. The molecular formula is C13H20N6. The number of rotatable bonds is 2. The van der Waals surface area contributed by atoms with E-state index in [0.29, 0.717) is 12.1 Å². The standard InChI is InChI=1S/C13H20N6/c1-4-18-12-11(16-17-18)13(15-8-14-12)19-9(2)6-5-7-10(19)3/h8-10H,4-7H2,1-3H3/t9-,10-/m0/s1. The van der Waals surface area contributed by atoms with Crippen LogP contribution in [0, 0.1) is 0 Å². The number of hydrogen-bond donors (Lipinski definition) is 0. The first-order valence-electron chi connectivity index (χ1n) is 7.05. The molecule has 0 unspecified atom stereocenters. The second kappa shape index (κ2) is 4.75. The molecule has 2 atom stereocenters. The van der Waals surface area contributed by atoms with Crippen molar-refractivity contribution < 1.29 is 0 Å². The van der Waals surface area contributed by atoms with Crippen molar-refractivity contribution in [3.05, 3.63) is 6.33 Å². The van der Waals surface area contributed by atoms with Crippen LogP contribution in [0.3, 0.4) is 0 Å². The van der Waals surface area contributed by atoms with Gasteiger partial charge in [-0.3, -0.25) is 0 Å². The number of aromatic nitrogens is 5. The molecule has 0 N–H and O–H groups in total. The highest BCUT2D eigenvalue weighted by Gasteiger charge is 2.28. The van der Waals surface area contributed by atoms with Crippen molar-refractivity contribution >= 4 is 17.0 Å². The van der Waals surface area contributed by atoms with E-state index in [2.05, 4.69) is 39.0 Å². The predicted molar refractivity (Wildman–Crippen MR) is 74.0 cm³/mol. The Morgan fingerprint density at radius 2 is 1.95 bits per heavy atom. The molecule has 0 radical (unpaired) electrons. The van der Waals surface area contributed by atoms with Crippen LogP contribution in [0.15, 0.2) is 6.33 Å². The van der Waals surface area contributed by atoms with Crippen LogP contribution in [0.4, 0.5) is 5.82 Å². The minimum Gasteiger partial charge on any atom is -0.349 e. The van der Waals surface area contributed by atoms with Gasteiger partial charge in [-0.25, -0.2) is 14.6 Å². The molecule has 0 saturated carbocycles. The molecule has 0 spiro atoms. The molecule has 6 heteroatoms. The van der Waals surface area contributed by atoms with E-state index >= 15 is 0 Å². The number of nitrogens with zero attached hydrogens (tertiary/aromatic N) is 6. The van der Waals surface area contributed by atoms with Gasteiger partial charge in [-0.1, -0.05) is 5.21 Å². The molecule has 19 heavy (non-hydrogen) atoms. The molecule has 1 fully saturated rings. The van der Waals surface area contributed by atoms with Gasteiger partial charge < -0.3 is 4.90 Å². The third-order valence-electron chi connectivity index (χ3n) is 4.02. The van der Waals surface area contributed by atoms with Crippen LogP contribution < -0.4 is 4.90 Å². The summed E-state index contributed by atoms with van der Waals surface area (Å²) >= 11 is 0. The second-order valence-electron chi connectivity index (χ2n) is 5.31. The van der Waals surface area contributed by atoms with Crippen LogP contribution in [-0.2, 0) is 6.54 Å². The minimum absolute atomic E-state index is 0.494. The maximum Gasteiger partial charge on any atom is 0.183 e. The van der Waals surface area contributed by atoms with Crippen molar-refractivity contribution in [2.24, 2.45) is 0 Å². The molecule has 0 aromatic carbocycles. The summed E-state index contributed by atoms with van der Waals surface area (Å²) in [7, 11) is 0. The Bertz CT molecular complexity index is 568. The molecule has 3 rings (SSSR count). The molecular weight excluding hydrogens is 240 g/mol. The Morgan fingerprint density at radius 3 is 2.63 bits per heavy atom. The van der Waals surface area contributed by atoms with Gasteiger partial charge in [-0.15, -0.1) is 5.10 Å². The quantitative estimate of drug-likeness (QED) is 0.826. The fraction of sp³-hybridized carbons (Fsp3) is 0.692. The summed E-state index contributed by atoms with van der Waals surface area (Å²) in [6.07, 6.45) is 5.32. The van der Waals surface area contributed by atoms with E-state index in [1.54, 1.807) is 6.33 Å². The predicted octanol–water partition coefficient (Wildman–Crippen LogP) is 2.01. The summed E-state index contributed by atoms with van der Waals surface area (Å²) in [6.45, 7) is 7.34. The summed E-state index contributed by atoms with van der Waals surface area (Å²) in [5.74, 6) is 0.935. The van der Waals surface area contributed by atoms with Gasteiger partial charge >= 0.3 is 0 Å². The minimum atomic E-state index is 0.494. The second-order valence-corrected chi connectivity index (χ2v) is 5.31. The van der Waals surface area contributed by atoms with Crippen molar-refractivity contribution in [2.45, 2.75) is 58.7 Å². The maximum absolute atomic E-state index is 4.48. The monoisotopic (exact) mass is 260 g/mol. The largest absolute Gasteiger partial charge is 0.349 e. The molecule has 1 aliphatic heterocycles. The van der Waals surface area contributed by atoms with E-state index < -0.39 is 0 Å². The first-order valence-corrected chi connectivity index (χ1v) is 7.05. The lowest BCUT2D eigenvalue weighted by atomic mass is 9.97. The van der Waals surface area contributed by atoms with Gasteiger partial charge in [0.2, 0.25) is 0 Å². The van der Waals surface area contributed by atoms with Gasteiger partial charge in [0.25, 0.3) is 0 Å². The highest BCUT2D eigenvalue weighted by atomic mass is 15.4. The summed E-state index contributed by atoms with van der Waals surface area (Å²) < 4.78 is 1.82. The molecule has 0 bridgehead atoms. The van der Waals surface area contributed by atoms with E-state index in [9.17, 15) is 0 Å². The highest BCUT2D eigenvalue weighted by Crippen LogP contribution is 2.30. The van der Waals surface area contributed by atoms with Crippen molar-refractivity contribution in [2.75, 3.05) is 4.90 Å². The van der Waals surface area contributed by atoms with E-state index in [0.717, 1.165) is 23.5 Å². The third kappa shape index (κ3) is 1.95. The van der Waals surface area contributed by atoms with Crippen molar-refractivity contribution in [3.8, 4) is 0 Å². The Kier molecular flexibility index (Phi) is 3.08. The molecule has 0 amide bonds. The summed E-state index contributed by atoms with van der Waals surface area (Å²) in [5.41, 5.74) is 1.66. The van der Waals surface area contributed by atoms with Gasteiger partial charge in [0.05, 0.1) is 0 Å². The Balaban J connectivity index is 2.11. The highest BCUT2D eigenvalue weighted by molar-refractivity contribution is 5.82. The van der Waals surface area contributed by atoms with Gasteiger partial charge in [-0.2, -0.15) is 0 Å². The smallest absolute Gasteiger partial charge is 0.183 e. The lowest BCUT2D eigenvalue weighted by Crippen LogP contribution is -2.44. The molecule has 0 aliphatic carbocycles. The fourth-order valence-corrected chi connectivity index (χ4v) is 3.02. The first kappa shape index (κ1) is 12.3. The number of hydrogen-bond acceptors (Lipinski definition) is 5. The molecule has 2 aromatic rings. The number of anilines is 1. The van der Waals surface area contributed by atoms with E-state index in [1.165, 1.54) is 19.3 Å². The van der Waals surface area contributed by atoms with Crippen LogP contribution in [0.1, 0.15) is 40.0 Å². The van der Waals surface area contributed by atoms with Gasteiger partial charge in [0.1, 0.15) is 6.33 Å². The topological polar surface area (TPSA) is 59.7 Å². The number of aryl methyl sites for hydroxylation is 1. The van der Waals surface area contributed by atoms with Gasteiger partial charge in [0, 0.05) is 18.6 Å². The first-order chi connectivity index (χ1) is 9.22. The number of fused-ring (bicyclic) bond motifs is 1. The average molecular weight is 260 g/mol. The van der Waals surface area contributed by atoms with Gasteiger partial charge in [-0.05, 0) is 40.0 Å².